The van der Waals surface area contributed by atoms with E-state index in [1.54, 1.807) is 0 Å². The number of benzene rings is 1. The number of hydrogen-bond acceptors (Lipinski definition) is 1. The molecule has 0 amide bonds. The minimum Gasteiger partial charge on any atom is -0.316 e. The van der Waals surface area contributed by atoms with Crippen molar-refractivity contribution in [2.75, 3.05) is 0 Å². The fourth-order valence-electron chi connectivity index (χ4n) is 0.957. The van der Waals surface area contributed by atoms with Crippen LogP contribution in [0.15, 0.2) is 12.1 Å². The maximum absolute atomic E-state index is 13.1. The lowest BCUT2D eigenvalue weighted by atomic mass is 10.1. The van der Waals surface area contributed by atoms with Crippen molar-refractivity contribution in [3.05, 3.63) is 34.4 Å². The lowest BCUT2D eigenvalue weighted by Crippen LogP contribution is -2.29. The standard InChI is InChI=1S/C8H5ClF5N/c9-5-4(10)2-1-3(6(5)11)7(15)8(12,13)14/h1-2,7H,15H2. The Morgan fingerprint density at radius 3 is 2.20 bits per heavy atom. The first kappa shape index (κ1) is 12.2. The highest BCUT2D eigenvalue weighted by molar-refractivity contribution is 6.30. The molecule has 1 unspecified atom stereocenters. The summed E-state index contributed by atoms with van der Waals surface area (Å²) >= 11 is 5.10. The van der Waals surface area contributed by atoms with Crippen molar-refractivity contribution in [3.8, 4) is 0 Å². The van der Waals surface area contributed by atoms with Gasteiger partial charge in [-0.15, -0.1) is 0 Å². The topological polar surface area (TPSA) is 26.0 Å². The second kappa shape index (κ2) is 3.94. The van der Waals surface area contributed by atoms with Crippen LogP contribution in [0, 0.1) is 11.6 Å². The zero-order chi connectivity index (χ0) is 11.8. The van der Waals surface area contributed by atoms with Crippen LogP contribution >= 0.6 is 11.6 Å². The van der Waals surface area contributed by atoms with Gasteiger partial charge in [-0.1, -0.05) is 17.7 Å². The monoisotopic (exact) mass is 245 g/mol. The third-order valence-electron chi connectivity index (χ3n) is 1.75. The van der Waals surface area contributed by atoms with Crippen LogP contribution in [0.5, 0.6) is 0 Å². The predicted molar refractivity (Wildman–Crippen MR) is 44.4 cm³/mol. The van der Waals surface area contributed by atoms with E-state index in [-0.39, 0.29) is 0 Å². The number of halogens is 6. The summed E-state index contributed by atoms with van der Waals surface area (Å²) in [5, 5.41) is -0.993. The lowest BCUT2D eigenvalue weighted by molar-refractivity contribution is -0.149. The molecule has 0 aliphatic carbocycles. The third-order valence-corrected chi connectivity index (χ3v) is 2.10. The van der Waals surface area contributed by atoms with Crippen LogP contribution in [-0.2, 0) is 0 Å². The zero-order valence-electron chi connectivity index (χ0n) is 7.08. The second-order valence-corrected chi connectivity index (χ2v) is 3.16. The minimum absolute atomic E-state index is 0.620. The van der Waals surface area contributed by atoms with Gasteiger partial charge in [0.1, 0.15) is 22.7 Å². The Labute approximate surface area is 86.6 Å². The first-order valence-electron chi connectivity index (χ1n) is 3.71. The van der Waals surface area contributed by atoms with Crippen LogP contribution < -0.4 is 5.73 Å². The normalized spacial score (nSPS) is 14.1. The Morgan fingerprint density at radius 2 is 1.73 bits per heavy atom. The quantitative estimate of drug-likeness (QED) is 0.597. The van der Waals surface area contributed by atoms with Gasteiger partial charge in [-0.3, -0.25) is 0 Å². The molecule has 0 aromatic heterocycles. The van der Waals surface area contributed by atoms with Gasteiger partial charge in [0, 0.05) is 5.56 Å². The van der Waals surface area contributed by atoms with E-state index in [9.17, 15) is 22.0 Å². The largest absolute Gasteiger partial charge is 0.407 e. The highest BCUT2D eigenvalue weighted by atomic mass is 35.5. The Bertz CT molecular complexity index is 376. The molecule has 0 saturated heterocycles. The molecule has 15 heavy (non-hydrogen) atoms. The van der Waals surface area contributed by atoms with Gasteiger partial charge in [-0.2, -0.15) is 13.2 Å². The van der Waals surface area contributed by atoms with Crippen molar-refractivity contribution < 1.29 is 22.0 Å². The fourth-order valence-corrected chi connectivity index (χ4v) is 1.13. The van der Waals surface area contributed by atoms with E-state index in [0.717, 1.165) is 0 Å². The second-order valence-electron chi connectivity index (χ2n) is 2.78. The average Bonchev–Trinajstić information content (AvgIpc) is 2.12. The summed E-state index contributed by atoms with van der Waals surface area (Å²) in [7, 11) is 0. The molecule has 0 bridgehead atoms. The summed E-state index contributed by atoms with van der Waals surface area (Å²) in [6.45, 7) is 0. The van der Waals surface area contributed by atoms with Gasteiger partial charge in [-0.05, 0) is 6.07 Å². The third kappa shape index (κ3) is 2.38. The number of alkyl halides is 3. The maximum atomic E-state index is 13.1. The van der Waals surface area contributed by atoms with Crippen molar-refractivity contribution in [1.29, 1.82) is 0 Å². The van der Waals surface area contributed by atoms with Crippen LogP contribution in [0.3, 0.4) is 0 Å². The first-order chi connectivity index (χ1) is 6.75. The summed E-state index contributed by atoms with van der Waals surface area (Å²) in [4.78, 5) is 0. The van der Waals surface area contributed by atoms with E-state index >= 15 is 0 Å². The van der Waals surface area contributed by atoms with Gasteiger partial charge < -0.3 is 5.73 Å². The SMILES string of the molecule is NC(c1ccc(F)c(Cl)c1F)C(F)(F)F. The molecule has 0 fully saturated rings. The molecule has 84 valence electrons. The van der Waals surface area contributed by atoms with Crippen LogP contribution in [-0.4, -0.2) is 6.18 Å². The van der Waals surface area contributed by atoms with Crippen molar-refractivity contribution in [3.63, 3.8) is 0 Å². The minimum atomic E-state index is -4.80. The van der Waals surface area contributed by atoms with Gasteiger partial charge in [-0.25, -0.2) is 8.78 Å². The van der Waals surface area contributed by atoms with Crippen LogP contribution in [0.4, 0.5) is 22.0 Å². The number of rotatable bonds is 1. The summed E-state index contributed by atoms with van der Waals surface area (Å²) in [6, 6.07) is -1.27. The van der Waals surface area contributed by atoms with Crippen LogP contribution in [0.2, 0.25) is 5.02 Å². The summed E-state index contributed by atoms with van der Waals surface area (Å²) < 4.78 is 62.1. The fraction of sp³-hybridized carbons (Fsp3) is 0.250. The Kier molecular flexibility index (Phi) is 3.20. The molecule has 0 aliphatic heterocycles. The highest BCUT2D eigenvalue weighted by Crippen LogP contribution is 2.34. The summed E-state index contributed by atoms with van der Waals surface area (Å²) in [6.07, 6.45) is -4.80. The molecule has 0 heterocycles. The van der Waals surface area contributed by atoms with Crippen molar-refractivity contribution in [2.45, 2.75) is 12.2 Å². The molecule has 2 N–H and O–H groups in total. The molecule has 0 radical (unpaired) electrons. The van der Waals surface area contributed by atoms with Crippen LogP contribution in [0.25, 0.3) is 0 Å². The highest BCUT2D eigenvalue weighted by Gasteiger charge is 2.39. The van der Waals surface area contributed by atoms with E-state index in [0.29, 0.717) is 12.1 Å². The van der Waals surface area contributed by atoms with Gasteiger partial charge in [0.2, 0.25) is 0 Å². The van der Waals surface area contributed by atoms with E-state index in [1.165, 1.54) is 0 Å². The molecule has 1 rings (SSSR count). The van der Waals surface area contributed by atoms with Crippen molar-refractivity contribution in [1.82, 2.24) is 0 Å². The smallest absolute Gasteiger partial charge is 0.316 e. The van der Waals surface area contributed by atoms with Gasteiger partial charge in [0.15, 0.2) is 0 Å². The molecule has 1 nitrogen and oxygen atoms in total. The van der Waals surface area contributed by atoms with E-state index in [1.807, 2.05) is 0 Å². The summed E-state index contributed by atoms with van der Waals surface area (Å²) in [5.74, 6) is -2.62. The Morgan fingerprint density at radius 1 is 1.20 bits per heavy atom. The Balaban J connectivity index is 3.23. The molecule has 0 saturated carbocycles. The summed E-state index contributed by atoms with van der Waals surface area (Å²) in [5.41, 5.74) is 3.87. The molecule has 1 atom stereocenters. The molecule has 7 heteroatoms. The number of hydrogen-bond donors (Lipinski definition) is 1. The van der Waals surface area contributed by atoms with Gasteiger partial charge in [0.05, 0.1) is 0 Å². The number of nitrogens with two attached hydrogens (primary N) is 1. The van der Waals surface area contributed by atoms with Crippen molar-refractivity contribution in [2.24, 2.45) is 5.73 Å². The zero-order valence-corrected chi connectivity index (χ0v) is 7.83. The van der Waals surface area contributed by atoms with Gasteiger partial charge >= 0.3 is 6.18 Å². The Hall–Kier alpha value is -0.880. The molecular weight excluding hydrogens is 241 g/mol. The lowest BCUT2D eigenvalue weighted by Gasteiger charge is -2.16. The first-order valence-corrected chi connectivity index (χ1v) is 4.08. The van der Waals surface area contributed by atoms with Crippen molar-refractivity contribution >= 4 is 11.6 Å². The van der Waals surface area contributed by atoms with E-state index < -0.39 is 34.4 Å². The maximum Gasteiger partial charge on any atom is 0.407 e. The van der Waals surface area contributed by atoms with E-state index in [2.05, 4.69) is 0 Å². The molecule has 0 aliphatic rings. The van der Waals surface area contributed by atoms with Gasteiger partial charge in [0.25, 0.3) is 0 Å². The van der Waals surface area contributed by atoms with Crippen LogP contribution in [0.1, 0.15) is 11.6 Å². The predicted octanol–water partition coefficient (Wildman–Crippen LogP) is 3.18. The van der Waals surface area contributed by atoms with E-state index in [4.69, 9.17) is 17.3 Å². The molecule has 1 aromatic carbocycles. The molecular formula is C8H5ClF5N. The average molecular weight is 246 g/mol. The molecule has 0 spiro atoms. The molecule has 1 aromatic rings.